The van der Waals surface area contributed by atoms with Gasteiger partial charge in [-0.3, -0.25) is 19.3 Å². The zero-order valence-electron chi connectivity index (χ0n) is 31.4. The number of amides is 3. The number of aromatic hydroxyl groups is 1. The zero-order valence-corrected chi connectivity index (χ0v) is 31.4. The number of aliphatic hydroxyl groups excluding tert-OH is 3. The Hall–Kier alpha value is -3.55. The largest absolute Gasteiger partial charge is 0.507 e. The minimum absolute atomic E-state index is 0.00742. The average molecular weight is 787 g/mol. The van der Waals surface area contributed by atoms with Crippen LogP contribution in [0.4, 0.5) is 13.2 Å². The molecule has 3 heterocycles. The fourth-order valence-electron chi connectivity index (χ4n) is 8.80. The van der Waals surface area contributed by atoms with E-state index >= 15 is 0 Å². The Balaban J connectivity index is 1.32. The van der Waals surface area contributed by atoms with Crippen LogP contribution in [0.15, 0.2) is 12.1 Å². The van der Waals surface area contributed by atoms with Gasteiger partial charge in [0.05, 0.1) is 37.0 Å². The molecule has 3 saturated heterocycles. The van der Waals surface area contributed by atoms with Crippen LogP contribution in [0.1, 0.15) is 79.8 Å². The van der Waals surface area contributed by atoms with Crippen molar-refractivity contribution in [2.75, 3.05) is 45.9 Å². The van der Waals surface area contributed by atoms with Crippen molar-refractivity contribution in [1.29, 1.82) is 0 Å². The van der Waals surface area contributed by atoms with E-state index in [0.29, 0.717) is 30.4 Å². The molecular weight excluding hydrogens is 733 g/mol. The van der Waals surface area contributed by atoms with Gasteiger partial charge in [0.1, 0.15) is 23.4 Å². The Morgan fingerprint density at radius 3 is 2.29 bits per heavy atom. The number of likely N-dealkylation sites (tertiary alicyclic amines) is 1. The molecule has 1 aromatic rings. The number of nitrogens with one attached hydrogen (secondary N) is 2. The number of rotatable bonds is 11. The summed E-state index contributed by atoms with van der Waals surface area (Å²) in [7, 11) is 0. The number of nitrogens with zero attached hydrogens (tertiary/aromatic N) is 2. The van der Waals surface area contributed by atoms with E-state index in [1.54, 1.807) is 13.8 Å². The van der Waals surface area contributed by atoms with Gasteiger partial charge < -0.3 is 50.5 Å². The van der Waals surface area contributed by atoms with E-state index in [0.717, 1.165) is 6.92 Å². The van der Waals surface area contributed by atoms with Crippen LogP contribution >= 0.6 is 0 Å². The van der Waals surface area contributed by atoms with Gasteiger partial charge in [-0.1, -0.05) is 19.3 Å². The second kappa shape index (κ2) is 16.5. The highest BCUT2D eigenvalue weighted by Gasteiger charge is 2.63. The summed E-state index contributed by atoms with van der Waals surface area (Å²) in [5.41, 5.74) is -4.48. The van der Waals surface area contributed by atoms with Crippen molar-refractivity contribution in [2.45, 2.75) is 120 Å². The monoisotopic (exact) mass is 786 g/mol. The van der Waals surface area contributed by atoms with Crippen molar-refractivity contribution in [3.8, 4) is 5.75 Å². The normalized spacial score (nSPS) is 29.8. The Morgan fingerprint density at radius 1 is 1.04 bits per heavy atom. The van der Waals surface area contributed by atoms with Crippen LogP contribution in [-0.4, -0.2) is 153 Å². The number of benzene rings is 1. The number of phenolic OH excluding ortho intramolecular Hbond substituents is 1. The molecule has 4 aliphatic rings. The lowest BCUT2D eigenvalue weighted by atomic mass is 9.72. The maximum atomic E-state index is 14.5. The Kier molecular flexibility index (Phi) is 12.8. The number of aliphatic carboxylic acids is 1. The third-order valence-electron chi connectivity index (χ3n) is 12.0. The van der Waals surface area contributed by atoms with Crippen molar-refractivity contribution in [1.82, 2.24) is 20.4 Å². The first kappa shape index (κ1) is 42.6. The SMILES string of the molecule is CC(=O)N[C@H]1[C@H]([C@H](O)[C@H](O)CNC(=O)c2cc(C)c(O)c(C)c2)O[C@@](CCN2CCOC[C@@]23CCN(C(=O)C2(C(F)(F)F)CCCCC2)C3)(C(=O)O)C[C@@H]1O. The Labute approximate surface area is 317 Å². The molecule has 7 atom stereocenters. The molecule has 0 radical (unpaired) electrons. The molecule has 1 saturated carbocycles. The number of aliphatic hydroxyl groups is 3. The van der Waals surface area contributed by atoms with Gasteiger partial charge >= 0.3 is 12.1 Å². The van der Waals surface area contributed by atoms with E-state index in [4.69, 9.17) is 9.47 Å². The van der Waals surface area contributed by atoms with Crippen LogP contribution in [-0.2, 0) is 23.9 Å². The summed E-state index contributed by atoms with van der Waals surface area (Å²) < 4.78 is 55.2. The van der Waals surface area contributed by atoms with Gasteiger partial charge in [-0.25, -0.2) is 4.79 Å². The highest BCUT2D eigenvalue weighted by molar-refractivity contribution is 5.95. The number of aryl methyl sites for hydroxylation is 2. The quantitative estimate of drug-likeness (QED) is 0.168. The number of halogens is 3. The molecule has 0 bridgehead atoms. The number of carbonyl (C=O) groups is 4. The molecule has 7 N–H and O–H groups in total. The molecule has 55 heavy (non-hydrogen) atoms. The topological polar surface area (TPSA) is 218 Å². The van der Waals surface area contributed by atoms with Crippen LogP contribution in [0.2, 0.25) is 0 Å². The number of morpholine rings is 1. The molecular formula is C37H53F3N4O11. The number of carboxylic acids is 1. The van der Waals surface area contributed by atoms with E-state index in [9.17, 15) is 57.9 Å². The molecule has 1 aliphatic carbocycles. The third kappa shape index (κ3) is 8.59. The highest BCUT2D eigenvalue weighted by Crippen LogP contribution is 2.51. The first-order valence-electron chi connectivity index (χ1n) is 18.8. The van der Waals surface area contributed by atoms with Crippen LogP contribution < -0.4 is 10.6 Å². The van der Waals surface area contributed by atoms with Crippen LogP contribution in [0.25, 0.3) is 0 Å². The molecule has 15 nitrogen and oxygen atoms in total. The number of hydrogen-bond acceptors (Lipinski definition) is 11. The summed E-state index contributed by atoms with van der Waals surface area (Å²) >= 11 is 0. The Morgan fingerprint density at radius 2 is 1.69 bits per heavy atom. The highest BCUT2D eigenvalue weighted by atomic mass is 19.4. The third-order valence-corrected chi connectivity index (χ3v) is 12.0. The maximum absolute atomic E-state index is 14.5. The second-order valence-electron chi connectivity index (χ2n) is 15.7. The fraction of sp³-hybridized carbons (Fsp3) is 0.730. The van der Waals surface area contributed by atoms with Crippen molar-refractivity contribution >= 4 is 23.7 Å². The number of ether oxygens (including phenoxy) is 2. The van der Waals surface area contributed by atoms with E-state index in [-0.39, 0.29) is 76.4 Å². The maximum Gasteiger partial charge on any atom is 0.403 e. The van der Waals surface area contributed by atoms with E-state index in [1.807, 2.05) is 4.90 Å². The van der Waals surface area contributed by atoms with E-state index in [2.05, 4.69) is 10.6 Å². The van der Waals surface area contributed by atoms with Gasteiger partial charge in [-0.05, 0) is 56.4 Å². The van der Waals surface area contributed by atoms with Crippen molar-refractivity contribution in [3.05, 3.63) is 28.8 Å². The lowest BCUT2D eigenvalue weighted by molar-refractivity contribution is -0.235. The minimum atomic E-state index is -4.71. The molecule has 3 aliphatic heterocycles. The first-order valence-corrected chi connectivity index (χ1v) is 18.8. The first-order chi connectivity index (χ1) is 25.8. The van der Waals surface area contributed by atoms with Gasteiger partial charge in [-0.2, -0.15) is 13.2 Å². The van der Waals surface area contributed by atoms with Gasteiger partial charge in [-0.15, -0.1) is 0 Å². The smallest absolute Gasteiger partial charge is 0.403 e. The van der Waals surface area contributed by atoms with Gasteiger partial charge in [0, 0.05) is 58.1 Å². The van der Waals surface area contributed by atoms with Crippen molar-refractivity contribution in [3.63, 3.8) is 0 Å². The summed E-state index contributed by atoms with van der Waals surface area (Å²) in [5.74, 6) is -3.71. The summed E-state index contributed by atoms with van der Waals surface area (Å²) in [6.45, 7) is 4.40. The summed E-state index contributed by atoms with van der Waals surface area (Å²) in [4.78, 5) is 54.8. The van der Waals surface area contributed by atoms with Gasteiger partial charge in [0.15, 0.2) is 5.60 Å². The van der Waals surface area contributed by atoms with Crippen LogP contribution in [0.3, 0.4) is 0 Å². The molecule has 1 aromatic carbocycles. The summed E-state index contributed by atoms with van der Waals surface area (Å²) in [6, 6.07) is 1.51. The lowest BCUT2D eigenvalue weighted by Crippen LogP contribution is -2.68. The predicted molar refractivity (Wildman–Crippen MR) is 188 cm³/mol. The number of phenols is 1. The number of hydrogen-bond donors (Lipinski definition) is 7. The minimum Gasteiger partial charge on any atom is -0.507 e. The second-order valence-corrected chi connectivity index (χ2v) is 15.7. The van der Waals surface area contributed by atoms with Gasteiger partial charge in [0.25, 0.3) is 5.91 Å². The predicted octanol–water partition coefficient (Wildman–Crippen LogP) is 1.14. The number of carbonyl (C=O) groups excluding carboxylic acids is 3. The molecule has 4 fully saturated rings. The van der Waals surface area contributed by atoms with Crippen LogP contribution in [0.5, 0.6) is 5.75 Å². The molecule has 1 spiro atoms. The van der Waals surface area contributed by atoms with E-state index < -0.39 is 89.8 Å². The lowest BCUT2D eigenvalue weighted by Gasteiger charge is -2.49. The molecule has 3 amide bonds. The van der Waals surface area contributed by atoms with Crippen LogP contribution in [0, 0.1) is 19.3 Å². The Bertz CT molecular complexity index is 1580. The molecule has 18 heteroatoms. The molecule has 5 rings (SSSR count). The summed E-state index contributed by atoms with van der Waals surface area (Å²) in [5, 5.41) is 59.2. The number of alkyl halides is 3. The summed E-state index contributed by atoms with van der Waals surface area (Å²) in [6.07, 6.45) is -11.5. The molecule has 0 aromatic heterocycles. The number of carboxylic acid groups (broad SMARTS) is 1. The average Bonchev–Trinajstić information content (AvgIpc) is 3.55. The van der Waals surface area contributed by atoms with Crippen molar-refractivity contribution in [2.24, 2.45) is 5.41 Å². The molecule has 0 unspecified atom stereocenters. The van der Waals surface area contributed by atoms with Gasteiger partial charge in [0.2, 0.25) is 11.8 Å². The molecule has 308 valence electrons. The fourth-order valence-corrected chi connectivity index (χ4v) is 8.80. The standard InChI is InChI=1S/C37H53F3N4O11/c1-21-15-24(16-22(2)28(21)48)31(50)41-18-26(47)29(49)30-27(42-23(3)45)25(46)17-36(55-30,33(52)53)10-12-44-13-14-54-20-34(44)9-11-43(19-34)32(51)35(37(38,39)40)7-5-4-6-8-35/h15-16,25-27,29-30,46-49H,4-14,17-20H2,1-3H3,(H,41,50)(H,42,45)(H,52,53)/t25-,26+,27+,29+,30+,34-,36+/m0/s1. The zero-order chi connectivity index (χ0) is 40.5. The van der Waals surface area contributed by atoms with Crippen molar-refractivity contribution < 1.29 is 67.4 Å². The van der Waals surface area contributed by atoms with E-state index in [1.165, 1.54) is 17.0 Å².